The number of nitrogens with one attached hydrogen (secondary N) is 2. The van der Waals surface area contributed by atoms with E-state index in [0.29, 0.717) is 6.54 Å². The monoisotopic (exact) mass is 310 g/mol. The van der Waals surface area contributed by atoms with Gasteiger partial charge in [0.15, 0.2) is 5.75 Å². The van der Waals surface area contributed by atoms with Crippen molar-refractivity contribution in [1.82, 2.24) is 5.32 Å². The second-order valence-corrected chi connectivity index (χ2v) is 3.82. The number of ether oxygens (including phenoxy) is 2. The van der Waals surface area contributed by atoms with Gasteiger partial charge in [-0.1, -0.05) is 0 Å². The number of anilines is 1. The molecule has 1 aromatic carbocycles. The van der Waals surface area contributed by atoms with Crippen LogP contribution in [0.15, 0.2) is 18.2 Å². The van der Waals surface area contributed by atoms with Gasteiger partial charge in [0, 0.05) is 19.0 Å². The molecule has 0 aliphatic heterocycles. The molecule has 0 fully saturated rings. The number of carbonyl (C=O) groups is 1. The van der Waals surface area contributed by atoms with Crippen LogP contribution in [0.5, 0.6) is 11.5 Å². The first-order valence-electron chi connectivity index (χ1n) is 5.90. The molecule has 0 aromatic heterocycles. The van der Waals surface area contributed by atoms with Crippen molar-refractivity contribution in [3.05, 3.63) is 18.2 Å². The van der Waals surface area contributed by atoms with E-state index in [1.54, 1.807) is 7.05 Å². The first-order chi connectivity index (χ1) is 9.92. The first-order valence-corrected chi connectivity index (χ1v) is 5.90. The number of benzene rings is 1. The standard InChI is InChI=1S/C12H14F4N2O3/c1-17-5-4-10(19)18-8-3-2-7(20-11(13)14)6-9(8)21-12(15)16/h2-3,6,11-12,17H,4-5H2,1H3,(H,18,19). The molecule has 0 spiro atoms. The van der Waals surface area contributed by atoms with Gasteiger partial charge in [-0.2, -0.15) is 17.6 Å². The lowest BCUT2D eigenvalue weighted by Crippen LogP contribution is -2.19. The van der Waals surface area contributed by atoms with Crippen LogP contribution in [-0.4, -0.2) is 32.7 Å². The van der Waals surface area contributed by atoms with Gasteiger partial charge in [0.25, 0.3) is 0 Å². The summed E-state index contributed by atoms with van der Waals surface area (Å²) in [7, 11) is 1.65. The highest BCUT2D eigenvalue weighted by Crippen LogP contribution is 2.31. The molecule has 5 nitrogen and oxygen atoms in total. The van der Waals surface area contributed by atoms with Crippen molar-refractivity contribution in [2.75, 3.05) is 18.9 Å². The van der Waals surface area contributed by atoms with Gasteiger partial charge in [-0.3, -0.25) is 4.79 Å². The minimum absolute atomic E-state index is 0.0574. The number of amides is 1. The maximum absolute atomic E-state index is 12.3. The topological polar surface area (TPSA) is 59.6 Å². The van der Waals surface area contributed by atoms with E-state index in [9.17, 15) is 22.4 Å². The van der Waals surface area contributed by atoms with Crippen LogP contribution in [0.1, 0.15) is 6.42 Å². The summed E-state index contributed by atoms with van der Waals surface area (Å²) < 4.78 is 57.0. The molecule has 1 amide bonds. The van der Waals surface area contributed by atoms with Crippen molar-refractivity contribution < 1.29 is 31.8 Å². The summed E-state index contributed by atoms with van der Waals surface area (Å²) in [6.45, 7) is -5.87. The van der Waals surface area contributed by atoms with Crippen molar-refractivity contribution >= 4 is 11.6 Å². The quantitative estimate of drug-likeness (QED) is 0.724. The van der Waals surface area contributed by atoms with Crippen LogP contribution in [0.4, 0.5) is 23.2 Å². The highest BCUT2D eigenvalue weighted by molar-refractivity contribution is 5.92. The highest BCUT2D eigenvalue weighted by Gasteiger charge is 2.15. The molecular weight excluding hydrogens is 296 g/mol. The minimum atomic E-state index is -3.17. The van der Waals surface area contributed by atoms with E-state index in [-0.39, 0.29) is 17.9 Å². The van der Waals surface area contributed by atoms with E-state index in [0.717, 1.165) is 18.2 Å². The normalized spacial score (nSPS) is 10.8. The van der Waals surface area contributed by atoms with Crippen LogP contribution in [-0.2, 0) is 4.79 Å². The van der Waals surface area contributed by atoms with Gasteiger partial charge in [-0.25, -0.2) is 0 Å². The Balaban J connectivity index is 2.87. The van der Waals surface area contributed by atoms with Gasteiger partial charge in [0.2, 0.25) is 5.91 Å². The lowest BCUT2D eigenvalue weighted by Gasteiger charge is -2.13. The molecule has 1 rings (SSSR count). The average Bonchev–Trinajstić information content (AvgIpc) is 2.38. The zero-order chi connectivity index (χ0) is 15.8. The third-order valence-electron chi connectivity index (χ3n) is 2.27. The largest absolute Gasteiger partial charge is 0.435 e. The fourth-order valence-corrected chi connectivity index (χ4v) is 1.43. The van der Waals surface area contributed by atoms with Crippen LogP contribution in [0, 0.1) is 0 Å². The molecule has 0 unspecified atom stereocenters. The molecule has 0 aliphatic rings. The third-order valence-corrected chi connectivity index (χ3v) is 2.27. The van der Waals surface area contributed by atoms with Crippen molar-refractivity contribution in [1.29, 1.82) is 0 Å². The van der Waals surface area contributed by atoms with Gasteiger partial charge in [0.1, 0.15) is 5.75 Å². The van der Waals surface area contributed by atoms with E-state index in [1.165, 1.54) is 0 Å². The molecule has 21 heavy (non-hydrogen) atoms. The Morgan fingerprint density at radius 2 is 1.86 bits per heavy atom. The SMILES string of the molecule is CNCCC(=O)Nc1ccc(OC(F)F)cc1OC(F)F. The maximum atomic E-state index is 12.3. The molecule has 1 aromatic rings. The van der Waals surface area contributed by atoms with E-state index in [4.69, 9.17) is 0 Å². The Labute approximate surface area is 118 Å². The first kappa shape index (κ1) is 17.0. The number of hydrogen-bond acceptors (Lipinski definition) is 4. The molecule has 0 atom stereocenters. The number of halogens is 4. The average molecular weight is 310 g/mol. The lowest BCUT2D eigenvalue weighted by atomic mass is 10.2. The highest BCUT2D eigenvalue weighted by atomic mass is 19.3. The summed E-state index contributed by atoms with van der Waals surface area (Å²) in [6.07, 6.45) is 0.111. The van der Waals surface area contributed by atoms with Gasteiger partial charge in [0.05, 0.1) is 5.69 Å². The second kappa shape index (κ2) is 8.30. The van der Waals surface area contributed by atoms with E-state index < -0.39 is 24.9 Å². The molecule has 0 bridgehead atoms. The Hall–Kier alpha value is -2.03. The predicted molar refractivity (Wildman–Crippen MR) is 66.9 cm³/mol. The Morgan fingerprint density at radius 1 is 1.19 bits per heavy atom. The second-order valence-electron chi connectivity index (χ2n) is 3.82. The summed E-state index contributed by atoms with van der Waals surface area (Å²) in [5.74, 6) is -1.25. The van der Waals surface area contributed by atoms with Gasteiger partial charge >= 0.3 is 13.2 Å². The zero-order valence-corrected chi connectivity index (χ0v) is 11.0. The van der Waals surface area contributed by atoms with Crippen molar-refractivity contribution in [2.24, 2.45) is 0 Å². The molecular formula is C12H14F4N2O3. The number of alkyl halides is 4. The maximum Gasteiger partial charge on any atom is 0.387 e. The lowest BCUT2D eigenvalue weighted by molar-refractivity contribution is -0.116. The fourth-order valence-electron chi connectivity index (χ4n) is 1.43. The van der Waals surface area contributed by atoms with Crippen LogP contribution in [0.25, 0.3) is 0 Å². The Kier molecular flexibility index (Phi) is 6.73. The molecule has 0 heterocycles. The zero-order valence-electron chi connectivity index (χ0n) is 11.0. The fraction of sp³-hybridized carbons (Fsp3) is 0.417. The molecule has 0 saturated carbocycles. The van der Waals surface area contributed by atoms with Gasteiger partial charge in [-0.15, -0.1) is 0 Å². The summed E-state index contributed by atoms with van der Waals surface area (Å²) in [6, 6.07) is 3.11. The molecule has 9 heteroatoms. The molecule has 2 N–H and O–H groups in total. The summed E-state index contributed by atoms with van der Waals surface area (Å²) in [5, 5.41) is 5.10. The van der Waals surface area contributed by atoms with Crippen LogP contribution in [0.3, 0.4) is 0 Å². The van der Waals surface area contributed by atoms with Gasteiger partial charge in [-0.05, 0) is 19.2 Å². The van der Waals surface area contributed by atoms with Crippen molar-refractivity contribution in [3.63, 3.8) is 0 Å². The number of hydrogen-bond donors (Lipinski definition) is 2. The smallest absolute Gasteiger partial charge is 0.387 e. The van der Waals surface area contributed by atoms with E-state index >= 15 is 0 Å². The van der Waals surface area contributed by atoms with Crippen molar-refractivity contribution in [2.45, 2.75) is 19.6 Å². The van der Waals surface area contributed by atoms with Crippen LogP contribution >= 0.6 is 0 Å². The number of rotatable bonds is 8. The Bertz CT molecular complexity index is 472. The number of carbonyl (C=O) groups excluding carboxylic acids is 1. The van der Waals surface area contributed by atoms with E-state index in [1.807, 2.05) is 0 Å². The molecule has 118 valence electrons. The summed E-state index contributed by atoms with van der Waals surface area (Å²) >= 11 is 0. The predicted octanol–water partition coefficient (Wildman–Crippen LogP) is 2.44. The van der Waals surface area contributed by atoms with E-state index in [2.05, 4.69) is 20.1 Å². The summed E-state index contributed by atoms with van der Waals surface area (Å²) in [5.41, 5.74) is -0.0574. The molecule has 0 aliphatic carbocycles. The Morgan fingerprint density at radius 3 is 2.43 bits per heavy atom. The molecule has 0 saturated heterocycles. The molecule has 0 radical (unpaired) electrons. The van der Waals surface area contributed by atoms with Crippen molar-refractivity contribution in [3.8, 4) is 11.5 Å². The van der Waals surface area contributed by atoms with Crippen LogP contribution < -0.4 is 20.1 Å². The van der Waals surface area contributed by atoms with Gasteiger partial charge < -0.3 is 20.1 Å². The third kappa shape index (κ3) is 6.30. The van der Waals surface area contributed by atoms with Crippen LogP contribution in [0.2, 0.25) is 0 Å². The summed E-state index contributed by atoms with van der Waals surface area (Å²) in [4.78, 5) is 11.5. The minimum Gasteiger partial charge on any atom is -0.435 e.